The van der Waals surface area contributed by atoms with Crippen LogP contribution in [-0.2, 0) is 20.7 Å². The molecule has 0 unspecified atom stereocenters. The van der Waals surface area contributed by atoms with Gasteiger partial charge in [0.25, 0.3) is 5.91 Å². The number of thiazole rings is 1. The molecule has 1 amide bonds. The largest absolute Gasteiger partial charge is 0.462 e. The normalized spacial score (nSPS) is 18.5. The van der Waals surface area contributed by atoms with Crippen molar-refractivity contribution in [2.75, 3.05) is 38.8 Å². The maximum Gasteiger partial charge on any atom is 0.350 e. The van der Waals surface area contributed by atoms with Crippen molar-refractivity contribution in [3.8, 4) is 0 Å². The molecule has 0 bridgehead atoms. The van der Waals surface area contributed by atoms with Crippen LogP contribution in [0.2, 0.25) is 5.15 Å². The molecule has 13 heteroatoms. The van der Waals surface area contributed by atoms with Gasteiger partial charge in [-0.1, -0.05) is 35.0 Å². The van der Waals surface area contributed by atoms with E-state index in [2.05, 4.69) is 25.4 Å². The number of aromatic amines is 1. The zero-order valence-electron chi connectivity index (χ0n) is 18.9. The van der Waals surface area contributed by atoms with E-state index in [4.69, 9.17) is 25.9 Å². The molecule has 1 saturated heterocycles. The monoisotopic (exact) mass is 498 g/mol. The molecule has 0 aromatic carbocycles. The molecular weight excluding hydrogens is 472 g/mol. The first-order valence-electron chi connectivity index (χ1n) is 10.5. The number of H-pyrrole nitrogens is 1. The summed E-state index contributed by atoms with van der Waals surface area (Å²) in [5.41, 5.74) is 1.09. The van der Waals surface area contributed by atoms with Crippen LogP contribution in [0, 0.1) is 0 Å². The maximum atomic E-state index is 12.7. The number of carbonyl (C=O) groups is 2. The molecule has 1 fully saturated rings. The van der Waals surface area contributed by atoms with Crippen LogP contribution in [0.5, 0.6) is 0 Å². The van der Waals surface area contributed by atoms with E-state index in [1.165, 1.54) is 24.7 Å². The van der Waals surface area contributed by atoms with Crippen LogP contribution in [0.3, 0.4) is 0 Å². The molecule has 2 aromatic rings. The van der Waals surface area contributed by atoms with Crippen molar-refractivity contribution in [2.24, 2.45) is 5.16 Å². The fourth-order valence-corrected chi connectivity index (χ4v) is 4.68. The average Bonchev–Trinajstić information content (AvgIpc) is 3.41. The highest BCUT2D eigenvalue weighted by atomic mass is 35.5. The van der Waals surface area contributed by atoms with E-state index < -0.39 is 5.97 Å². The van der Waals surface area contributed by atoms with Gasteiger partial charge in [0.05, 0.1) is 30.7 Å². The van der Waals surface area contributed by atoms with E-state index >= 15 is 0 Å². The van der Waals surface area contributed by atoms with Crippen molar-refractivity contribution in [2.45, 2.75) is 38.8 Å². The molecule has 0 spiro atoms. The van der Waals surface area contributed by atoms with Gasteiger partial charge >= 0.3 is 5.97 Å². The van der Waals surface area contributed by atoms with Gasteiger partial charge in [-0.2, -0.15) is 0 Å². The Labute approximate surface area is 200 Å². The summed E-state index contributed by atoms with van der Waals surface area (Å²) in [6, 6.07) is -0.230. The number of halogens is 1. The minimum Gasteiger partial charge on any atom is -0.462 e. The average molecular weight is 499 g/mol. The van der Waals surface area contributed by atoms with Crippen molar-refractivity contribution < 1.29 is 23.9 Å². The summed E-state index contributed by atoms with van der Waals surface area (Å²) < 4.78 is 10.8. The number of oxime groups is 1. The van der Waals surface area contributed by atoms with Crippen LogP contribution >= 0.6 is 22.9 Å². The summed E-state index contributed by atoms with van der Waals surface area (Å²) in [7, 11) is 3.00. The minimum atomic E-state index is -0.465. The number of piperidine rings is 1. The number of hydrogen-bond acceptors (Lipinski definition) is 10. The number of rotatable bonds is 9. The zero-order valence-corrected chi connectivity index (χ0v) is 20.5. The van der Waals surface area contributed by atoms with Crippen LogP contribution in [-0.4, -0.2) is 79.1 Å². The van der Waals surface area contributed by atoms with E-state index in [-0.39, 0.29) is 30.5 Å². The van der Waals surface area contributed by atoms with Gasteiger partial charge in [0.1, 0.15) is 17.7 Å². The number of anilines is 1. The first-order valence-corrected chi connectivity index (χ1v) is 11.7. The third-order valence-electron chi connectivity index (χ3n) is 5.13. The lowest BCUT2D eigenvalue weighted by atomic mass is 10.0. The number of esters is 1. The van der Waals surface area contributed by atoms with E-state index in [1.54, 1.807) is 14.0 Å². The summed E-state index contributed by atoms with van der Waals surface area (Å²) in [6.45, 7) is 4.99. The second-order valence-electron chi connectivity index (χ2n) is 7.15. The third kappa shape index (κ3) is 5.81. The Kier molecular flexibility index (Phi) is 8.64. The highest BCUT2D eigenvalue weighted by molar-refractivity contribution is 7.17. The van der Waals surface area contributed by atoms with Crippen molar-refractivity contribution in [3.63, 3.8) is 0 Å². The van der Waals surface area contributed by atoms with Gasteiger partial charge in [-0.3, -0.25) is 4.79 Å². The number of carbonyl (C=O) groups excluding carboxylic acids is 2. The maximum absolute atomic E-state index is 12.7. The molecule has 2 N–H and O–H groups in total. The quantitative estimate of drug-likeness (QED) is 0.306. The topological polar surface area (TPSA) is 131 Å². The van der Waals surface area contributed by atoms with Gasteiger partial charge in [-0.05, 0) is 19.8 Å². The smallest absolute Gasteiger partial charge is 0.350 e. The van der Waals surface area contributed by atoms with Crippen molar-refractivity contribution >= 4 is 46.2 Å². The Morgan fingerprint density at radius 2 is 2.15 bits per heavy atom. The van der Waals surface area contributed by atoms with Gasteiger partial charge in [-0.25, -0.2) is 14.8 Å². The van der Waals surface area contributed by atoms with Crippen molar-refractivity contribution in [1.82, 2.24) is 20.3 Å². The number of methoxy groups -OCH3 is 1. The first kappa shape index (κ1) is 24.9. The van der Waals surface area contributed by atoms with Crippen molar-refractivity contribution in [3.05, 3.63) is 27.2 Å². The second kappa shape index (κ2) is 11.4. The third-order valence-corrected chi connectivity index (χ3v) is 6.55. The van der Waals surface area contributed by atoms with Gasteiger partial charge in [0.15, 0.2) is 16.1 Å². The van der Waals surface area contributed by atoms with Crippen molar-refractivity contribution in [1.29, 1.82) is 0 Å². The summed E-state index contributed by atoms with van der Waals surface area (Å²) in [4.78, 5) is 43.7. The molecule has 1 aliphatic rings. The molecule has 0 saturated carbocycles. The summed E-state index contributed by atoms with van der Waals surface area (Å²) >= 11 is 7.27. The number of imidazole rings is 1. The molecule has 180 valence electrons. The van der Waals surface area contributed by atoms with Crippen LogP contribution < -0.4 is 10.2 Å². The summed E-state index contributed by atoms with van der Waals surface area (Å²) in [5.74, 6) is -0.628. The lowest BCUT2D eigenvalue weighted by Gasteiger charge is -2.37. The lowest BCUT2D eigenvalue weighted by Crippen LogP contribution is -2.55. The predicted octanol–water partition coefficient (Wildman–Crippen LogP) is 2.26. The van der Waals surface area contributed by atoms with Crippen LogP contribution in [0.4, 0.5) is 5.13 Å². The second-order valence-corrected chi connectivity index (χ2v) is 8.48. The zero-order chi connectivity index (χ0) is 24.0. The summed E-state index contributed by atoms with van der Waals surface area (Å²) in [6.07, 6.45) is 2.34. The molecule has 0 radical (unpaired) electrons. The van der Waals surface area contributed by atoms with E-state index in [0.717, 1.165) is 0 Å². The Morgan fingerprint density at radius 1 is 1.36 bits per heavy atom. The lowest BCUT2D eigenvalue weighted by molar-refractivity contribution is 0.0530. The number of aryl methyl sites for hydroxylation is 1. The molecule has 3 rings (SSSR count). The van der Waals surface area contributed by atoms with Gasteiger partial charge in [0.2, 0.25) is 0 Å². The Hall–Kier alpha value is -2.70. The molecule has 2 aromatic heterocycles. The number of hydrogen-bond donors (Lipinski definition) is 2. The predicted molar refractivity (Wildman–Crippen MR) is 125 cm³/mol. The highest BCUT2D eigenvalue weighted by Crippen LogP contribution is 2.29. The van der Waals surface area contributed by atoms with Crippen LogP contribution in [0.1, 0.15) is 51.9 Å². The first-order chi connectivity index (χ1) is 15.9. The van der Waals surface area contributed by atoms with Gasteiger partial charge in [0, 0.05) is 20.2 Å². The Morgan fingerprint density at radius 3 is 2.79 bits per heavy atom. The highest BCUT2D eigenvalue weighted by Gasteiger charge is 2.33. The standard InChI is InChI=1S/C20H27ClN6O5S/c1-5-11-16(21)26-17(23-11)18(28)24-12-7-8-27(10-14(12)30-3)20-25-13(9-22-31-4)15(33-20)19(29)32-6-2/h9,12,14H,5-8,10H2,1-4H3,(H,23,26)(H,24,28)/t12-,14+/m1/s1. The number of amides is 1. The molecule has 33 heavy (non-hydrogen) atoms. The molecular formula is C20H27ClN6O5S. The number of aromatic nitrogens is 3. The Bertz CT molecular complexity index is 1010. The van der Waals surface area contributed by atoms with Gasteiger partial charge in [-0.15, -0.1) is 0 Å². The SMILES string of the molecule is CCOC(=O)c1sc(N2CC[C@@H](NC(=O)c3nc(Cl)c(CC)[nH]3)[C@@H](OC)C2)nc1C=NOC. The number of nitrogens with zero attached hydrogens (tertiary/aromatic N) is 4. The van der Waals surface area contributed by atoms with Crippen LogP contribution in [0.25, 0.3) is 0 Å². The van der Waals surface area contributed by atoms with E-state index in [0.29, 0.717) is 52.5 Å². The molecule has 1 aliphatic heterocycles. The number of ether oxygens (including phenoxy) is 2. The molecule has 3 heterocycles. The van der Waals surface area contributed by atoms with E-state index in [9.17, 15) is 9.59 Å². The van der Waals surface area contributed by atoms with E-state index in [1.807, 2.05) is 11.8 Å². The fourth-order valence-electron chi connectivity index (χ4n) is 3.45. The molecule has 0 aliphatic carbocycles. The minimum absolute atomic E-state index is 0.176. The molecule has 11 nitrogen and oxygen atoms in total. The summed E-state index contributed by atoms with van der Waals surface area (Å²) in [5, 5.41) is 7.64. The number of nitrogens with one attached hydrogen (secondary N) is 2. The molecule has 2 atom stereocenters. The van der Waals surface area contributed by atoms with Crippen LogP contribution in [0.15, 0.2) is 5.16 Å². The Balaban J connectivity index is 1.72. The fraction of sp³-hybridized carbons (Fsp3) is 0.550. The van der Waals surface area contributed by atoms with Gasteiger partial charge < -0.3 is 29.5 Å².